The molecule has 0 unspecified atom stereocenters. The van der Waals surface area contributed by atoms with Crippen molar-refractivity contribution in [3.63, 3.8) is 0 Å². The van der Waals surface area contributed by atoms with E-state index >= 15 is 0 Å². The number of carboxylic acids is 1. The molecule has 0 aliphatic rings. The number of carboxylic acid groups (broad SMARTS) is 1. The SMILES string of the molecule is CCCCN(CC(=O)O)Cc1nc(Nc2cccc(Cl)c2F)c2ccc(OC)cc2n1. The zero-order valence-corrected chi connectivity index (χ0v) is 18.1. The summed E-state index contributed by atoms with van der Waals surface area (Å²) in [6, 6.07) is 9.98. The van der Waals surface area contributed by atoms with Crippen LogP contribution >= 0.6 is 11.6 Å². The van der Waals surface area contributed by atoms with Gasteiger partial charge in [-0.15, -0.1) is 0 Å². The van der Waals surface area contributed by atoms with Gasteiger partial charge in [-0.25, -0.2) is 14.4 Å². The van der Waals surface area contributed by atoms with Gasteiger partial charge < -0.3 is 15.2 Å². The van der Waals surface area contributed by atoms with Crippen LogP contribution in [0.3, 0.4) is 0 Å². The predicted octanol–water partition coefficient (Wildman–Crippen LogP) is 4.86. The van der Waals surface area contributed by atoms with Crippen LogP contribution in [0.5, 0.6) is 5.75 Å². The average molecular weight is 447 g/mol. The van der Waals surface area contributed by atoms with Crippen LogP contribution < -0.4 is 10.1 Å². The summed E-state index contributed by atoms with van der Waals surface area (Å²) in [7, 11) is 1.56. The van der Waals surface area contributed by atoms with E-state index in [1.54, 1.807) is 42.3 Å². The number of anilines is 2. The Morgan fingerprint density at radius 2 is 2.10 bits per heavy atom. The molecule has 0 saturated carbocycles. The third-order valence-corrected chi connectivity index (χ3v) is 5.00. The quantitative estimate of drug-likeness (QED) is 0.459. The second-order valence-electron chi connectivity index (χ2n) is 7.06. The van der Waals surface area contributed by atoms with Crippen LogP contribution in [0.2, 0.25) is 5.02 Å². The number of aliphatic carboxylic acids is 1. The number of rotatable bonds is 10. The van der Waals surface area contributed by atoms with E-state index in [0.29, 0.717) is 34.8 Å². The molecule has 31 heavy (non-hydrogen) atoms. The molecule has 0 amide bonds. The molecule has 3 aromatic rings. The highest BCUT2D eigenvalue weighted by Crippen LogP contribution is 2.30. The average Bonchev–Trinajstić information content (AvgIpc) is 2.74. The first-order valence-electron chi connectivity index (χ1n) is 9.91. The lowest BCUT2D eigenvalue weighted by Crippen LogP contribution is -2.31. The largest absolute Gasteiger partial charge is 0.497 e. The molecule has 9 heteroatoms. The van der Waals surface area contributed by atoms with Crippen molar-refractivity contribution in [3.8, 4) is 5.75 Å². The van der Waals surface area contributed by atoms with Gasteiger partial charge in [0.05, 0.1) is 36.4 Å². The number of benzene rings is 2. The summed E-state index contributed by atoms with van der Waals surface area (Å²) in [5.41, 5.74) is 0.780. The van der Waals surface area contributed by atoms with E-state index in [2.05, 4.69) is 15.3 Å². The zero-order chi connectivity index (χ0) is 22.4. The van der Waals surface area contributed by atoms with E-state index in [0.717, 1.165) is 12.8 Å². The summed E-state index contributed by atoms with van der Waals surface area (Å²) < 4.78 is 19.8. The molecule has 0 radical (unpaired) electrons. The summed E-state index contributed by atoms with van der Waals surface area (Å²) in [6.07, 6.45) is 1.79. The van der Waals surface area contributed by atoms with E-state index in [1.165, 1.54) is 6.07 Å². The Morgan fingerprint density at radius 3 is 2.81 bits per heavy atom. The molecule has 3 rings (SSSR count). The Balaban J connectivity index is 2.03. The second-order valence-corrected chi connectivity index (χ2v) is 7.46. The number of nitrogens with zero attached hydrogens (tertiary/aromatic N) is 3. The smallest absolute Gasteiger partial charge is 0.317 e. The molecule has 7 nitrogen and oxygen atoms in total. The minimum atomic E-state index is -0.919. The van der Waals surface area contributed by atoms with E-state index < -0.39 is 11.8 Å². The second kappa shape index (κ2) is 10.4. The Hall–Kier alpha value is -2.97. The number of hydrogen-bond acceptors (Lipinski definition) is 6. The molecule has 0 atom stereocenters. The first-order chi connectivity index (χ1) is 14.9. The van der Waals surface area contributed by atoms with Crippen LogP contribution in [0.15, 0.2) is 36.4 Å². The van der Waals surface area contributed by atoms with Crippen molar-refractivity contribution in [1.82, 2.24) is 14.9 Å². The third kappa shape index (κ3) is 5.80. The Bertz CT molecular complexity index is 1080. The van der Waals surface area contributed by atoms with Gasteiger partial charge in [-0.3, -0.25) is 9.69 Å². The maximum atomic E-state index is 14.5. The molecule has 0 fully saturated rings. The summed E-state index contributed by atoms with van der Waals surface area (Å²) in [4.78, 5) is 22.2. The molecule has 0 aliphatic heterocycles. The van der Waals surface area contributed by atoms with Crippen molar-refractivity contribution >= 4 is 40.0 Å². The van der Waals surface area contributed by atoms with Crippen LogP contribution in [0.1, 0.15) is 25.6 Å². The van der Waals surface area contributed by atoms with Gasteiger partial charge in [-0.05, 0) is 37.2 Å². The highest BCUT2D eigenvalue weighted by atomic mass is 35.5. The minimum Gasteiger partial charge on any atom is -0.497 e. The van der Waals surface area contributed by atoms with Crippen LogP contribution in [0.4, 0.5) is 15.9 Å². The van der Waals surface area contributed by atoms with E-state index in [-0.39, 0.29) is 23.8 Å². The number of nitrogens with one attached hydrogen (secondary N) is 1. The lowest BCUT2D eigenvalue weighted by Gasteiger charge is -2.20. The highest BCUT2D eigenvalue weighted by Gasteiger charge is 2.16. The molecule has 0 spiro atoms. The Labute approximate surface area is 184 Å². The van der Waals surface area contributed by atoms with Crippen molar-refractivity contribution in [3.05, 3.63) is 53.1 Å². The lowest BCUT2D eigenvalue weighted by molar-refractivity contribution is -0.138. The molecule has 1 aromatic heterocycles. The van der Waals surface area contributed by atoms with Gasteiger partial charge >= 0.3 is 5.97 Å². The van der Waals surface area contributed by atoms with Gasteiger partial charge in [0.2, 0.25) is 0 Å². The van der Waals surface area contributed by atoms with Crippen LogP contribution in [0, 0.1) is 5.82 Å². The molecule has 164 valence electrons. The molecule has 1 heterocycles. The molecular weight excluding hydrogens is 423 g/mol. The zero-order valence-electron chi connectivity index (χ0n) is 17.4. The number of methoxy groups -OCH3 is 1. The first-order valence-corrected chi connectivity index (χ1v) is 10.3. The van der Waals surface area contributed by atoms with Gasteiger partial charge in [0.15, 0.2) is 5.82 Å². The Morgan fingerprint density at radius 1 is 1.29 bits per heavy atom. The van der Waals surface area contributed by atoms with Crippen LogP contribution in [-0.2, 0) is 11.3 Å². The summed E-state index contributed by atoms with van der Waals surface area (Å²) in [5.74, 6) is -0.0672. The van der Waals surface area contributed by atoms with E-state index in [1.807, 2.05) is 6.92 Å². The van der Waals surface area contributed by atoms with Crippen molar-refractivity contribution in [1.29, 1.82) is 0 Å². The number of hydrogen-bond donors (Lipinski definition) is 2. The fourth-order valence-electron chi connectivity index (χ4n) is 3.17. The Kier molecular flexibility index (Phi) is 7.59. The fourth-order valence-corrected chi connectivity index (χ4v) is 3.34. The monoisotopic (exact) mass is 446 g/mol. The number of halogens is 2. The highest BCUT2D eigenvalue weighted by molar-refractivity contribution is 6.31. The van der Waals surface area contributed by atoms with Crippen LogP contribution in [0.25, 0.3) is 10.9 Å². The van der Waals surface area contributed by atoms with Crippen molar-refractivity contribution < 1.29 is 19.0 Å². The van der Waals surface area contributed by atoms with Gasteiger partial charge in [-0.2, -0.15) is 0 Å². The van der Waals surface area contributed by atoms with Gasteiger partial charge in [0, 0.05) is 11.5 Å². The molecule has 2 N–H and O–H groups in total. The van der Waals surface area contributed by atoms with E-state index in [9.17, 15) is 14.3 Å². The summed E-state index contributed by atoms with van der Waals surface area (Å²) in [5, 5.41) is 12.9. The van der Waals surface area contributed by atoms with Gasteiger partial charge in [0.25, 0.3) is 0 Å². The molecule has 2 aromatic carbocycles. The number of fused-ring (bicyclic) bond motifs is 1. The minimum absolute atomic E-state index is 0.00236. The normalized spacial score (nSPS) is 11.1. The van der Waals surface area contributed by atoms with Crippen molar-refractivity contribution in [2.24, 2.45) is 0 Å². The standard InChI is InChI=1S/C22H24ClFN4O3/c1-3-4-10-28(13-20(29)30)12-19-25-18-11-14(31-2)8-9-15(18)22(27-19)26-17-7-5-6-16(23)21(17)24/h5-9,11H,3-4,10,12-13H2,1-2H3,(H,29,30)(H,25,26,27). The maximum absolute atomic E-state index is 14.5. The molecule has 0 saturated heterocycles. The number of unbranched alkanes of at least 4 members (excludes halogenated alkanes) is 1. The summed E-state index contributed by atoms with van der Waals surface area (Å²) in [6.45, 7) is 2.77. The van der Waals surface area contributed by atoms with Gasteiger partial charge in [-0.1, -0.05) is 31.0 Å². The number of carbonyl (C=O) groups is 1. The predicted molar refractivity (Wildman–Crippen MR) is 119 cm³/mol. The van der Waals surface area contributed by atoms with Gasteiger partial charge in [0.1, 0.15) is 17.4 Å². The number of ether oxygens (including phenoxy) is 1. The maximum Gasteiger partial charge on any atom is 0.317 e. The first kappa shape index (κ1) is 22.7. The van der Waals surface area contributed by atoms with Crippen molar-refractivity contribution in [2.75, 3.05) is 25.5 Å². The molecule has 0 aliphatic carbocycles. The van der Waals surface area contributed by atoms with Crippen molar-refractivity contribution in [2.45, 2.75) is 26.3 Å². The van der Waals surface area contributed by atoms with E-state index in [4.69, 9.17) is 16.3 Å². The summed E-state index contributed by atoms with van der Waals surface area (Å²) >= 11 is 5.91. The topological polar surface area (TPSA) is 87.6 Å². The fraction of sp³-hybridized carbons (Fsp3) is 0.318. The lowest BCUT2D eigenvalue weighted by atomic mass is 10.2. The third-order valence-electron chi connectivity index (χ3n) is 4.71. The van der Waals surface area contributed by atoms with Crippen LogP contribution in [-0.4, -0.2) is 46.1 Å². The molecular formula is C22H24ClFN4O3. The number of aromatic nitrogens is 2. The molecule has 0 bridgehead atoms.